The van der Waals surface area contributed by atoms with Crippen LogP contribution in [0.15, 0.2) is 6.07 Å². The van der Waals surface area contributed by atoms with E-state index in [2.05, 4.69) is 15.3 Å². The summed E-state index contributed by atoms with van der Waals surface area (Å²) in [6, 6.07) is 1.92. The van der Waals surface area contributed by atoms with Crippen LogP contribution in [0.1, 0.15) is 73.0 Å². The fraction of sp³-hybridized carbons (Fsp3) is 0.667. The molecule has 26 heavy (non-hydrogen) atoms. The fourth-order valence-electron chi connectivity index (χ4n) is 3.81. The summed E-state index contributed by atoms with van der Waals surface area (Å²) in [5.41, 5.74) is 1.65. The SMILES string of the molecule is CC[C@H](O)c1cc2n(n1)CCCN(C(=O)c1nnc3n1CCCCC3)C2. The minimum Gasteiger partial charge on any atom is -0.387 e. The van der Waals surface area contributed by atoms with E-state index in [1.54, 1.807) is 0 Å². The van der Waals surface area contributed by atoms with Gasteiger partial charge in [-0.15, -0.1) is 10.2 Å². The zero-order valence-corrected chi connectivity index (χ0v) is 15.3. The standard InChI is InChI=1S/C18H26N6O2/c1-2-15(25)14-11-13-12-22(8-6-10-24(13)21-14)18(26)17-20-19-16-7-4-3-5-9-23(16)17/h11,15,25H,2-10,12H2,1H3/t15-/m0/s1. The quantitative estimate of drug-likeness (QED) is 0.902. The van der Waals surface area contributed by atoms with Crippen LogP contribution in [0.25, 0.3) is 0 Å². The Labute approximate surface area is 152 Å². The second kappa shape index (κ2) is 7.19. The van der Waals surface area contributed by atoms with Crippen LogP contribution in [0.4, 0.5) is 0 Å². The van der Waals surface area contributed by atoms with Crippen molar-refractivity contribution in [2.24, 2.45) is 0 Å². The maximum Gasteiger partial charge on any atom is 0.292 e. The van der Waals surface area contributed by atoms with Crippen LogP contribution in [-0.2, 0) is 26.1 Å². The molecule has 2 aromatic rings. The van der Waals surface area contributed by atoms with Crippen LogP contribution < -0.4 is 0 Å². The first-order valence-electron chi connectivity index (χ1n) is 9.63. The summed E-state index contributed by atoms with van der Waals surface area (Å²) in [5, 5.41) is 23.0. The van der Waals surface area contributed by atoms with E-state index in [0.29, 0.717) is 31.0 Å². The number of aryl methyl sites for hydroxylation is 2. The molecule has 2 aliphatic rings. The van der Waals surface area contributed by atoms with Crippen LogP contribution in [0, 0.1) is 0 Å². The molecule has 1 atom stereocenters. The third-order valence-electron chi connectivity index (χ3n) is 5.35. The van der Waals surface area contributed by atoms with Crippen LogP contribution in [0.2, 0.25) is 0 Å². The second-order valence-electron chi connectivity index (χ2n) is 7.19. The number of fused-ring (bicyclic) bond motifs is 2. The highest BCUT2D eigenvalue weighted by molar-refractivity contribution is 5.90. The molecule has 0 radical (unpaired) electrons. The molecule has 8 heteroatoms. The van der Waals surface area contributed by atoms with Gasteiger partial charge < -0.3 is 14.6 Å². The molecule has 4 heterocycles. The number of nitrogens with zero attached hydrogens (tertiary/aromatic N) is 6. The number of aliphatic hydroxyl groups excluding tert-OH is 1. The molecule has 0 unspecified atom stereocenters. The lowest BCUT2D eigenvalue weighted by atomic mass is 10.2. The summed E-state index contributed by atoms with van der Waals surface area (Å²) in [4.78, 5) is 15.0. The molecule has 0 saturated carbocycles. The number of rotatable bonds is 3. The Morgan fingerprint density at radius 2 is 2.08 bits per heavy atom. The van der Waals surface area contributed by atoms with Gasteiger partial charge in [0.1, 0.15) is 5.82 Å². The maximum atomic E-state index is 13.1. The Hall–Kier alpha value is -2.22. The molecule has 0 saturated heterocycles. The van der Waals surface area contributed by atoms with E-state index >= 15 is 0 Å². The summed E-state index contributed by atoms with van der Waals surface area (Å²) >= 11 is 0. The molecule has 8 nitrogen and oxygen atoms in total. The third-order valence-corrected chi connectivity index (χ3v) is 5.35. The summed E-state index contributed by atoms with van der Waals surface area (Å²) in [7, 11) is 0. The smallest absolute Gasteiger partial charge is 0.292 e. The number of hydrogen-bond donors (Lipinski definition) is 1. The van der Waals surface area contributed by atoms with Gasteiger partial charge in [-0.25, -0.2) is 0 Å². The van der Waals surface area contributed by atoms with Crippen molar-refractivity contribution in [1.29, 1.82) is 0 Å². The topological polar surface area (TPSA) is 89.1 Å². The van der Waals surface area contributed by atoms with Crippen molar-refractivity contribution in [3.05, 3.63) is 29.1 Å². The Kier molecular flexibility index (Phi) is 4.76. The Morgan fingerprint density at radius 3 is 2.92 bits per heavy atom. The van der Waals surface area contributed by atoms with Crippen molar-refractivity contribution in [2.45, 2.75) is 71.2 Å². The Bertz CT molecular complexity index is 796. The van der Waals surface area contributed by atoms with Crippen LogP contribution in [-0.4, -0.2) is 47.0 Å². The molecule has 2 aromatic heterocycles. The minimum atomic E-state index is -0.550. The monoisotopic (exact) mass is 358 g/mol. The molecule has 4 rings (SSSR count). The van der Waals surface area contributed by atoms with Crippen molar-refractivity contribution < 1.29 is 9.90 Å². The normalized spacial score (nSPS) is 18.6. The number of carbonyl (C=O) groups excluding carboxylic acids is 1. The molecule has 1 N–H and O–H groups in total. The lowest BCUT2D eigenvalue weighted by Crippen LogP contribution is -2.33. The second-order valence-corrected chi connectivity index (χ2v) is 7.19. The molecule has 2 aliphatic heterocycles. The highest BCUT2D eigenvalue weighted by Crippen LogP contribution is 2.22. The molecule has 0 fully saturated rings. The van der Waals surface area contributed by atoms with Crippen molar-refractivity contribution in [2.75, 3.05) is 6.54 Å². The number of amides is 1. The predicted molar refractivity (Wildman–Crippen MR) is 94.4 cm³/mol. The van der Waals surface area contributed by atoms with Crippen molar-refractivity contribution in [3.63, 3.8) is 0 Å². The van der Waals surface area contributed by atoms with Crippen molar-refractivity contribution >= 4 is 5.91 Å². The van der Waals surface area contributed by atoms with Gasteiger partial charge in [0.2, 0.25) is 5.82 Å². The average molecular weight is 358 g/mol. The van der Waals surface area contributed by atoms with Gasteiger partial charge in [-0.2, -0.15) is 5.10 Å². The summed E-state index contributed by atoms with van der Waals surface area (Å²) in [5.74, 6) is 1.33. The van der Waals surface area contributed by atoms with Crippen LogP contribution >= 0.6 is 0 Å². The molecule has 0 aliphatic carbocycles. The van der Waals surface area contributed by atoms with E-state index in [1.165, 1.54) is 6.42 Å². The Balaban J connectivity index is 1.57. The van der Waals surface area contributed by atoms with E-state index in [0.717, 1.165) is 50.3 Å². The molecular weight excluding hydrogens is 332 g/mol. The molecular formula is C18H26N6O2. The Morgan fingerprint density at radius 1 is 1.19 bits per heavy atom. The van der Waals surface area contributed by atoms with Crippen molar-refractivity contribution in [3.8, 4) is 0 Å². The zero-order chi connectivity index (χ0) is 18.1. The zero-order valence-electron chi connectivity index (χ0n) is 15.3. The van der Waals surface area contributed by atoms with Gasteiger partial charge in [0.15, 0.2) is 0 Å². The lowest BCUT2D eigenvalue weighted by Gasteiger charge is -2.20. The van der Waals surface area contributed by atoms with Crippen LogP contribution in [0.3, 0.4) is 0 Å². The fourth-order valence-corrected chi connectivity index (χ4v) is 3.81. The minimum absolute atomic E-state index is 0.0575. The lowest BCUT2D eigenvalue weighted by molar-refractivity contribution is 0.0727. The van der Waals surface area contributed by atoms with E-state index in [9.17, 15) is 9.90 Å². The van der Waals surface area contributed by atoms with E-state index < -0.39 is 6.10 Å². The first-order valence-corrected chi connectivity index (χ1v) is 9.63. The highest BCUT2D eigenvalue weighted by Gasteiger charge is 2.27. The van der Waals surface area contributed by atoms with E-state index in [-0.39, 0.29) is 5.91 Å². The maximum absolute atomic E-state index is 13.1. The molecule has 140 valence electrons. The predicted octanol–water partition coefficient (Wildman–Crippen LogP) is 1.69. The molecule has 0 bridgehead atoms. The van der Waals surface area contributed by atoms with Crippen LogP contribution in [0.5, 0.6) is 0 Å². The van der Waals surface area contributed by atoms with Gasteiger partial charge in [0.05, 0.1) is 24.0 Å². The largest absolute Gasteiger partial charge is 0.387 e. The average Bonchev–Trinajstić information content (AvgIpc) is 3.09. The van der Waals surface area contributed by atoms with Crippen molar-refractivity contribution in [1.82, 2.24) is 29.4 Å². The van der Waals surface area contributed by atoms with E-state index in [1.807, 2.05) is 27.1 Å². The number of hydrogen-bond acceptors (Lipinski definition) is 5. The summed E-state index contributed by atoms with van der Waals surface area (Å²) in [6.45, 7) is 4.68. The summed E-state index contributed by atoms with van der Waals surface area (Å²) < 4.78 is 3.93. The van der Waals surface area contributed by atoms with Gasteiger partial charge >= 0.3 is 0 Å². The molecule has 0 aromatic carbocycles. The number of aliphatic hydroxyl groups is 1. The highest BCUT2D eigenvalue weighted by atomic mass is 16.3. The first kappa shape index (κ1) is 17.2. The van der Waals surface area contributed by atoms with Gasteiger partial charge in [-0.1, -0.05) is 13.3 Å². The molecule has 0 spiro atoms. The third kappa shape index (κ3) is 3.13. The number of carbonyl (C=O) groups is 1. The van der Waals surface area contributed by atoms with E-state index in [4.69, 9.17) is 0 Å². The number of aromatic nitrogens is 5. The van der Waals surface area contributed by atoms with Gasteiger partial charge in [-0.3, -0.25) is 9.48 Å². The van der Waals surface area contributed by atoms with Gasteiger partial charge in [0.25, 0.3) is 5.91 Å². The van der Waals surface area contributed by atoms with Gasteiger partial charge in [0, 0.05) is 26.1 Å². The van der Waals surface area contributed by atoms with Gasteiger partial charge in [-0.05, 0) is 31.7 Å². The first-order chi connectivity index (χ1) is 12.7. The summed E-state index contributed by atoms with van der Waals surface area (Å²) in [6.07, 6.45) is 5.15. The molecule has 1 amide bonds.